The Balaban J connectivity index is 1.51. The van der Waals surface area contributed by atoms with Crippen molar-refractivity contribution in [2.75, 3.05) is 19.8 Å². The van der Waals surface area contributed by atoms with Crippen molar-refractivity contribution in [1.82, 2.24) is 5.32 Å². The van der Waals surface area contributed by atoms with E-state index in [9.17, 15) is 4.79 Å². The van der Waals surface area contributed by atoms with Crippen LogP contribution in [0.15, 0.2) is 46.9 Å². The van der Waals surface area contributed by atoms with Crippen LogP contribution in [0.5, 0.6) is 0 Å². The van der Waals surface area contributed by atoms with Crippen LogP contribution in [0.4, 0.5) is 0 Å². The lowest BCUT2D eigenvalue weighted by molar-refractivity contribution is -0.132. The fraction of sp³-hybridized carbons (Fsp3) is 0.350. The second-order valence-corrected chi connectivity index (χ2v) is 6.79. The molecular formula is C20H22N2O3. The molecule has 1 amide bonds. The molecule has 0 aliphatic carbocycles. The standard InChI is InChI=1S/C20H22N2O3/c21-19(23)20(7-9-24-10-8-20)13-22-12-14-5-6-18-16(11-14)15-3-1-2-4-17(15)25-18/h1-6,11,22H,7-10,12-13H2,(H2,21,23). The molecule has 2 heterocycles. The summed E-state index contributed by atoms with van der Waals surface area (Å²) < 4.78 is 11.2. The van der Waals surface area contributed by atoms with Gasteiger partial charge in [-0.05, 0) is 36.6 Å². The molecule has 3 N–H and O–H groups in total. The van der Waals surface area contributed by atoms with Crippen molar-refractivity contribution in [3.63, 3.8) is 0 Å². The van der Waals surface area contributed by atoms with Gasteiger partial charge in [0.05, 0.1) is 5.41 Å². The van der Waals surface area contributed by atoms with Gasteiger partial charge in [0.15, 0.2) is 0 Å². The van der Waals surface area contributed by atoms with Crippen LogP contribution >= 0.6 is 0 Å². The number of primary amides is 1. The minimum Gasteiger partial charge on any atom is -0.456 e. The molecule has 0 unspecified atom stereocenters. The number of para-hydroxylation sites is 1. The number of benzene rings is 2. The van der Waals surface area contributed by atoms with E-state index in [2.05, 4.69) is 23.5 Å². The molecule has 0 radical (unpaired) electrons. The van der Waals surface area contributed by atoms with Crippen molar-refractivity contribution in [2.24, 2.45) is 11.1 Å². The Kier molecular flexibility index (Phi) is 4.19. The monoisotopic (exact) mass is 338 g/mol. The molecule has 4 rings (SSSR count). The van der Waals surface area contributed by atoms with E-state index < -0.39 is 5.41 Å². The molecule has 5 heteroatoms. The van der Waals surface area contributed by atoms with Crippen molar-refractivity contribution in [3.8, 4) is 0 Å². The third-order valence-corrected chi connectivity index (χ3v) is 5.21. The number of carbonyl (C=O) groups is 1. The molecule has 0 spiro atoms. The molecule has 25 heavy (non-hydrogen) atoms. The van der Waals surface area contributed by atoms with Gasteiger partial charge in [-0.1, -0.05) is 24.3 Å². The Bertz CT molecular complexity index is 910. The van der Waals surface area contributed by atoms with Gasteiger partial charge in [0.1, 0.15) is 11.2 Å². The average molecular weight is 338 g/mol. The number of amides is 1. The molecule has 5 nitrogen and oxygen atoms in total. The molecule has 1 saturated heterocycles. The lowest BCUT2D eigenvalue weighted by atomic mass is 9.79. The van der Waals surface area contributed by atoms with Crippen LogP contribution in [0.25, 0.3) is 21.9 Å². The van der Waals surface area contributed by atoms with Crippen LogP contribution in [-0.2, 0) is 16.1 Å². The minimum absolute atomic E-state index is 0.236. The zero-order chi connectivity index (χ0) is 17.3. The number of nitrogens with two attached hydrogens (primary N) is 1. The summed E-state index contributed by atoms with van der Waals surface area (Å²) in [6, 6.07) is 14.3. The van der Waals surface area contributed by atoms with E-state index in [1.165, 1.54) is 0 Å². The van der Waals surface area contributed by atoms with Gasteiger partial charge in [-0.2, -0.15) is 0 Å². The van der Waals surface area contributed by atoms with E-state index >= 15 is 0 Å². The third kappa shape index (κ3) is 3.01. The lowest BCUT2D eigenvalue weighted by Crippen LogP contribution is -2.48. The summed E-state index contributed by atoms with van der Waals surface area (Å²) in [5, 5.41) is 5.65. The summed E-state index contributed by atoms with van der Waals surface area (Å²) in [5.41, 5.74) is 8.11. The maximum Gasteiger partial charge on any atom is 0.225 e. The topological polar surface area (TPSA) is 77.5 Å². The SMILES string of the molecule is NC(=O)C1(CNCc2ccc3oc4ccccc4c3c2)CCOCC1. The van der Waals surface area contributed by atoms with Crippen LogP contribution in [0.1, 0.15) is 18.4 Å². The Morgan fingerprint density at radius 2 is 1.84 bits per heavy atom. The maximum atomic E-state index is 11.9. The van der Waals surface area contributed by atoms with Crippen molar-refractivity contribution < 1.29 is 13.9 Å². The highest BCUT2D eigenvalue weighted by atomic mass is 16.5. The van der Waals surface area contributed by atoms with E-state index in [4.69, 9.17) is 14.9 Å². The summed E-state index contributed by atoms with van der Waals surface area (Å²) >= 11 is 0. The fourth-order valence-corrected chi connectivity index (χ4v) is 3.60. The number of hydrogen-bond acceptors (Lipinski definition) is 4. The number of rotatable bonds is 5. The first kappa shape index (κ1) is 16.1. The molecule has 1 fully saturated rings. The van der Waals surface area contributed by atoms with E-state index in [0.29, 0.717) is 39.1 Å². The van der Waals surface area contributed by atoms with Gasteiger partial charge in [-0.25, -0.2) is 0 Å². The predicted molar refractivity (Wildman–Crippen MR) is 97.1 cm³/mol. The van der Waals surface area contributed by atoms with E-state index in [-0.39, 0.29) is 5.91 Å². The van der Waals surface area contributed by atoms with Gasteiger partial charge in [-0.15, -0.1) is 0 Å². The first-order valence-electron chi connectivity index (χ1n) is 8.67. The normalized spacial score (nSPS) is 17.1. The predicted octanol–water partition coefficient (Wildman–Crippen LogP) is 2.96. The van der Waals surface area contributed by atoms with Gasteiger partial charge in [0.25, 0.3) is 0 Å². The van der Waals surface area contributed by atoms with Crippen molar-refractivity contribution in [1.29, 1.82) is 0 Å². The zero-order valence-corrected chi connectivity index (χ0v) is 14.1. The number of carbonyl (C=O) groups excluding carboxylic acids is 1. The summed E-state index contributed by atoms with van der Waals surface area (Å²) in [6.45, 7) is 2.45. The van der Waals surface area contributed by atoms with E-state index in [0.717, 1.165) is 27.5 Å². The molecule has 0 atom stereocenters. The van der Waals surface area contributed by atoms with Gasteiger partial charge in [0, 0.05) is 37.1 Å². The van der Waals surface area contributed by atoms with Gasteiger partial charge in [0.2, 0.25) is 5.91 Å². The molecular weight excluding hydrogens is 316 g/mol. The average Bonchev–Trinajstić information content (AvgIpc) is 3.00. The summed E-state index contributed by atoms with van der Waals surface area (Å²) in [7, 11) is 0. The van der Waals surface area contributed by atoms with Gasteiger partial charge < -0.3 is 20.2 Å². The second kappa shape index (κ2) is 6.50. The number of furan rings is 1. The number of fused-ring (bicyclic) bond motifs is 3. The highest BCUT2D eigenvalue weighted by Gasteiger charge is 2.37. The first-order chi connectivity index (χ1) is 12.2. The Labute approximate surface area is 146 Å². The molecule has 130 valence electrons. The van der Waals surface area contributed by atoms with Gasteiger partial charge >= 0.3 is 0 Å². The highest BCUT2D eigenvalue weighted by molar-refractivity contribution is 6.04. The zero-order valence-electron chi connectivity index (χ0n) is 14.1. The van der Waals surface area contributed by atoms with E-state index in [1.54, 1.807) is 0 Å². The van der Waals surface area contributed by atoms with Crippen LogP contribution in [0.3, 0.4) is 0 Å². The first-order valence-corrected chi connectivity index (χ1v) is 8.67. The number of nitrogens with one attached hydrogen (secondary N) is 1. The maximum absolute atomic E-state index is 11.9. The number of ether oxygens (including phenoxy) is 1. The summed E-state index contributed by atoms with van der Waals surface area (Å²) in [4.78, 5) is 11.9. The largest absolute Gasteiger partial charge is 0.456 e. The van der Waals surface area contributed by atoms with Crippen molar-refractivity contribution >= 4 is 27.8 Å². The molecule has 0 bridgehead atoms. The Morgan fingerprint density at radius 3 is 2.64 bits per heavy atom. The lowest BCUT2D eigenvalue weighted by Gasteiger charge is -2.34. The molecule has 1 aliphatic heterocycles. The smallest absolute Gasteiger partial charge is 0.225 e. The van der Waals surface area contributed by atoms with E-state index in [1.807, 2.05) is 24.3 Å². The summed E-state index contributed by atoms with van der Waals surface area (Å²) in [6.07, 6.45) is 1.36. The number of hydrogen-bond donors (Lipinski definition) is 2. The van der Waals surface area contributed by atoms with Crippen LogP contribution in [0.2, 0.25) is 0 Å². The Morgan fingerprint density at radius 1 is 1.08 bits per heavy atom. The highest BCUT2D eigenvalue weighted by Crippen LogP contribution is 2.31. The Hall–Kier alpha value is -2.37. The van der Waals surface area contributed by atoms with Crippen LogP contribution < -0.4 is 11.1 Å². The van der Waals surface area contributed by atoms with Crippen LogP contribution in [-0.4, -0.2) is 25.7 Å². The minimum atomic E-state index is -0.495. The quantitative estimate of drug-likeness (QED) is 0.750. The second-order valence-electron chi connectivity index (χ2n) is 6.79. The van der Waals surface area contributed by atoms with Gasteiger partial charge in [-0.3, -0.25) is 4.79 Å². The van der Waals surface area contributed by atoms with Crippen molar-refractivity contribution in [3.05, 3.63) is 48.0 Å². The molecule has 0 saturated carbocycles. The molecule has 2 aromatic carbocycles. The molecule has 1 aromatic heterocycles. The van der Waals surface area contributed by atoms with Crippen LogP contribution in [0, 0.1) is 5.41 Å². The summed E-state index contributed by atoms with van der Waals surface area (Å²) in [5.74, 6) is -0.236. The van der Waals surface area contributed by atoms with Crippen molar-refractivity contribution in [2.45, 2.75) is 19.4 Å². The fourth-order valence-electron chi connectivity index (χ4n) is 3.60. The molecule has 1 aliphatic rings. The third-order valence-electron chi connectivity index (χ3n) is 5.21. The molecule has 3 aromatic rings.